The fourth-order valence-electron chi connectivity index (χ4n) is 3.13. The maximum absolute atomic E-state index is 12.7. The normalized spacial score (nSPS) is 14.4. The van der Waals surface area contributed by atoms with Crippen molar-refractivity contribution in [1.29, 1.82) is 0 Å². The minimum atomic E-state index is -0.682. The predicted molar refractivity (Wildman–Crippen MR) is 107 cm³/mol. The molecule has 0 spiro atoms. The molecule has 0 bridgehead atoms. The van der Waals surface area contributed by atoms with E-state index in [2.05, 4.69) is 5.32 Å². The van der Waals surface area contributed by atoms with E-state index >= 15 is 0 Å². The number of carbonyl (C=O) groups is 3. The first-order valence-electron chi connectivity index (χ1n) is 9.28. The van der Waals surface area contributed by atoms with Crippen LogP contribution in [0.4, 0.5) is 4.79 Å². The summed E-state index contributed by atoms with van der Waals surface area (Å²) in [5, 5.41) is 2.77. The van der Waals surface area contributed by atoms with Crippen molar-refractivity contribution in [2.24, 2.45) is 0 Å². The molecule has 152 valence electrons. The summed E-state index contributed by atoms with van der Waals surface area (Å²) in [6.07, 6.45) is -0.637. The molecule has 1 unspecified atom stereocenters. The molecule has 29 heavy (non-hydrogen) atoms. The lowest BCUT2D eigenvalue weighted by molar-refractivity contribution is 0.0467. The van der Waals surface area contributed by atoms with E-state index in [1.54, 1.807) is 76.4 Å². The molecule has 3 rings (SSSR count). The second-order valence-corrected chi connectivity index (χ2v) is 7.74. The molecule has 2 aromatic rings. The van der Waals surface area contributed by atoms with E-state index in [1.807, 2.05) is 0 Å². The van der Waals surface area contributed by atoms with Crippen LogP contribution in [0.3, 0.4) is 0 Å². The smallest absolute Gasteiger partial charge is 0.408 e. The van der Waals surface area contributed by atoms with Gasteiger partial charge >= 0.3 is 6.09 Å². The number of hydrogen-bond donors (Lipinski definition) is 1. The molecule has 0 saturated heterocycles. The summed E-state index contributed by atoms with van der Waals surface area (Å²) >= 11 is 0. The van der Waals surface area contributed by atoms with Crippen LogP contribution in [0.15, 0.2) is 48.5 Å². The van der Waals surface area contributed by atoms with E-state index in [9.17, 15) is 14.4 Å². The van der Waals surface area contributed by atoms with Crippen LogP contribution in [0.5, 0.6) is 5.75 Å². The molecule has 0 saturated carbocycles. The van der Waals surface area contributed by atoms with Gasteiger partial charge in [-0.3, -0.25) is 14.5 Å². The van der Waals surface area contributed by atoms with E-state index in [4.69, 9.17) is 9.47 Å². The third kappa shape index (κ3) is 4.56. The van der Waals surface area contributed by atoms with Gasteiger partial charge < -0.3 is 14.8 Å². The predicted octanol–water partition coefficient (Wildman–Crippen LogP) is 3.56. The van der Waals surface area contributed by atoms with Crippen LogP contribution in [0, 0.1) is 0 Å². The van der Waals surface area contributed by atoms with Gasteiger partial charge in [-0.25, -0.2) is 4.79 Å². The third-order valence-corrected chi connectivity index (χ3v) is 4.43. The number of rotatable bonds is 5. The van der Waals surface area contributed by atoms with E-state index in [0.29, 0.717) is 22.4 Å². The summed E-state index contributed by atoms with van der Waals surface area (Å²) in [6, 6.07) is 13.1. The summed E-state index contributed by atoms with van der Waals surface area (Å²) in [4.78, 5) is 39.0. The lowest BCUT2D eigenvalue weighted by atomic mass is 10.1. The number of ether oxygens (including phenoxy) is 2. The van der Waals surface area contributed by atoms with Gasteiger partial charge in [0.1, 0.15) is 11.4 Å². The molecule has 1 atom stereocenters. The number of fused-ring (bicyclic) bond motifs is 1. The van der Waals surface area contributed by atoms with Crippen molar-refractivity contribution < 1.29 is 23.9 Å². The molecule has 7 nitrogen and oxygen atoms in total. The Balaban J connectivity index is 1.88. The topological polar surface area (TPSA) is 84.9 Å². The van der Waals surface area contributed by atoms with Crippen molar-refractivity contribution in [3.8, 4) is 5.75 Å². The Bertz CT molecular complexity index is 913. The fraction of sp³-hybridized carbons (Fsp3) is 0.318. The van der Waals surface area contributed by atoms with Gasteiger partial charge in [0, 0.05) is 0 Å². The molecule has 0 fully saturated rings. The SMILES string of the molecule is COc1cccc(C(CN2C(=O)c3ccccc3C2=O)NC(=O)OC(C)(C)C)c1. The van der Waals surface area contributed by atoms with Crippen LogP contribution in [0.1, 0.15) is 53.1 Å². The van der Waals surface area contributed by atoms with Crippen LogP contribution in [-0.4, -0.2) is 42.1 Å². The number of hydrogen-bond acceptors (Lipinski definition) is 5. The number of carbonyl (C=O) groups excluding carboxylic acids is 3. The molecule has 1 aliphatic rings. The molecule has 2 aromatic carbocycles. The molecular weight excluding hydrogens is 372 g/mol. The number of nitrogens with one attached hydrogen (secondary N) is 1. The van der Waals surface area contributed by atoms with Gasteiger partial charge in [-0.2, -0.15) is 0 Å². The van der Waals surface area contributed by atoms with Crippen LogP contribution < -0.4 is 10.1 Å². The second kappa shape index (κ2) is 7.95. The molecule has 1 aliphatic heterocycles. The van der Waals surface area contributed by atoms with E-state index in [-0.39, 0.29) is 18.4 Å². The summed E-state index contributed by atoms with van der Waals surface area (Å²) in [5.74, 6) is -0.171. The minimum absolute atomic E-state index is 0.0290. The quantitative estimate of drug-likeness (QED) is 0.781. The first-order valence-corrected chi connectivity index (χ1v) is 9.28. The van der Waals surface area contributed by atoms with Gasteiger partial charge in [-0.05, 0) is 50.6 Å². The molecule has 0 aliphatic carbocycles. The zero-order chi connectivity index (χ0) is 21.2. The Morgan fingerprint density at radius 2 is 1.66 bits per heavy atom. The van der Waals surface area contributed by atoms with Gasteiger partial charge in [0.15, 0.2) is 0 Å². The van der Waals surface area contributed by atoms with Gasteiger partial charge in [0.25, 0.3) is 11.8 Å². The number of imide groups is 1. The van der Waals surface area contributed by atoms with Crippen LogP contribution in [0.25, 0.3) is 0 Å². The van der Waals surface area contributed by atoms with Crippen LogP contribution >= 0.6 is 0 Å². The first-order chi connectivity index (χ1) is 13.7. The highest BCUT2D eigenvalue weighted by atomic mass is 16.6. The van der Waals surface area contributed by atoms with Crippen molar-refractivity contribution in [2.75, 3.05) is 13.7 Å². The molecule has 1 N–H and O–H groups in total. The van der Waals surface area contributed by atoms with E-state index in [1.165, 1.54) is 0 Å². The number of benzene rings is 2. The zero-order valence-electron chi connectivity index (χ0n) is 16.9. The van der Waals surface area contributed by atoms with E-state index < -0.39 is 17.7 Å². The van der Waals surface area contributed by atoms with E-state index in [0.717, 1.165) is 4.90 Å². The van der Waals surface area contributed by atoms with Crippen molar-refractivity contribution >= 4 is 17.9 Å². The average molecular weight is 396 g/mol. The van der Waals surface area contributed by atoms with Crippen molar-refractivity contribution in [3.05, 3.63) is 65.2 Å². The molecule has 0 aromatic heterocycles. The van der Waals surface area contributed by atoms with Gasteiger partial charge in [0.05, 0.1) is 30.8 Å². The maximum Gasteiger partial charge on any atom is 0.408 e. The standard InChI is InChI=1S/C22H24N2O5/c1-22(2,3)29-21(27)23-18(14-8-7-9-15(12-14)28-4)13-24-19(25)16-10-5-6-11-17(16)20(24)26/h5-12,18H,13H2,1-4H3,(H,23,27). The van der Waals surface area contributed by atoms with Gasteiger partial charge in [-0.1, -0.05) is 24.3 Å². The summed E-state index contributed by atoms with van der Waals surface area (Å²) in [7, 11) is 1.54. The Morgan fingerprint density at radius 1 is 1.03 bits per heavy atom. The highest BCUT2D eigenvalue weighted by Gasteiger charge is 2.37. The number of nitrogens with zero attached hydrogens (tertiary/aromatic N) is 1. The lowest BCUT2D eigenvalue weighted by Gasteiger charge is -2.26. The maximum atomic E-state index is 12.7. The number of alkyl carbamates (subject to hydrolysis) is 1. The summed E-state index contributed by atoms with van der Waals surface area (Å²) < 4.78 is 10.6. The van der Waals surface area contributed by atoms with Crippen molar-refractivity contribution in [1.82, 2.24) is 10.2 Å². The van der Waals surface area contributed by atoms with Crippen LogP contribution in [-0.2, 0) is 4.74 Å². The molecule has 3 amide bonds. The van der Waals surface area contributed by atoms with Crippen molar-refractivity contribution in [2.45, 2.75) is 32.4 Å². The molecular formula is C22H24N2O5. The number of amides is 3. The van der Waals surface area contributed by atoms with Gasteiger partial charge in [-0.15, -0.1) is 0 Å². The second-order valence-electron chi connectivity index (χ2n) is 7.74. The Hall–Kier alpha value is -3.35. The largest absolute Gasteiger partial charge is 0.497 e. The van der Waals surface area contributed by atoms with Crippen LogP contribution in [0.2, 0.25) is 0 Å². The highest BCUT2D eigenvalue weighted by Crippen LogP contribution is 2.27. The third-order valence-electron chi connectivity index (χ3n) is 4.43. The fourth-order valence-corrected chi connectivity index (χ4v) is 3.13. The van der Waals surface area contributed by atoms with Crippen molar-refractivity contribution in [3.63, 3.8) is 0 Å². The Kier molecular flexibility index (Phi) is 5.59. The average Bonchev–Trinajstić information content (AvgIpc) is 2.91. The first kappa shape index (κ1) is 20.4. The Morgan fingerprint density at radius 3 is 2.21 bits per heavy atom. The lowest BCUT2D eigenvalue weighted by Crippen LogP contribution is -2.42. The Labute approximate surface area is 169 Å². The number of methoxy groups -OCH3 is 1. The monoisotopic (exact) mass is 396 g/mol. The summed E-state index contributed by atoms with van der Waals surface area (Å²) in [5.41, 5.74) is 0.725. The molecule has 1 heterocycles. The molecule has 7 heteroatoms. The highest BCUT2D eigenvalue weighted by molar-refractivity contribution is 6.21. The summed E-state index contributed by atoms with van der Waals surface area (Å²) in [6.45, 7) is 5.25. The molecule has 0 radical (unpaired) electrons. The van der Waals surface area contributed by atoms with Gasteiger partial charge in [0.2, 0.25) is 0 Å². The minimum Gasteiger partial charge on any atom is -0.497 e. The zero-order valence-corrected chi connectivity index (χ0v) is 16.9.